The average Bonchev–Trinajstić information content (AvgIpc) is 2.95. The second kappa shape index (κ2) is 5.86. The molecule has 0 saturated carbocycles. The first kappa shape index (κ1) is 16.9. The van der Waals surface area contributed by atoms with Crippen LogP contribution in [0.5, 0.6) is 5.75 Å². The van der Waals surface area contributed by atoms with Crippen LogP contribution in [-0.4, -0.2) is 15.0 Å². The predicted molar refractivity (Wildman–Crippen MR) is 82.9 cm³/mol. The normalized spacial score (nSPS) is 14.2. The first-order valence-corrected chi connectivity index (χ1v) is 8.68. The number of sulfonamides is 1. The van der Waals surface area contributed by atoms with Crippen LogP contribution in [0.2, 0.25) is 5.02 Å². The Morgan fingerprint density at radius 2 is 1.88 bits per heavy atom. The maximum atomic E-state index is 13.1. The molecule has 0 unspecified atom stereocenters. The number of hydrogen-bond acceptors (Lipinski definition) is 3. The molecule has 1 heterocycles. The lowest BCUT2D eigenvalue weighted by Gasteiger charge is -2.15. The monoisotopic (exact) mass is 377 g/mol. The second-order valence-corrected chi connectivity index (χ2v) is 7.28. The third-order valence-electron chi connectivity index (χ3n) is 3.50. The van der Waals surface area contributed by atoms with Crippen molar-refractivity contribution >= 4 is 27.3 Å². The van der Waals surface area contributed by atoms with Gasteiger partial charge in [0.1, 0.15) is 5.75 Å². The summed E-state index contributed by atoms with van der Waals surface area (Å²) in [4.78, 5) is -0.130. The lowest BCUT2D eigenvalue weighted by atomic mass is 10.2. The van der Waals surface area contributed by atoms with Gasteiger partial charge in [-0.3, -0.25) is 4.72 Å². The van der Waals surface area contributed by atoms with E-state index >= 15 is 0 Å². The summed E-state index contributed by atoms with van der Waals surface area (Å²) in [6.45, 7) is 0.446. The van der Waals surface area contributed by atoms with E-state index in [-0.39, 0.29) is 9.92 Å². The fourth-order valence-corrected chi connectivity index (χ4v) is 3.68. The Balaban J connectivity index is 1.99. The zero-order chi connectivity index (χ0) is 17.5. The molecule has 0 spiro atoms. The van der Waals surface area contributed by atoms with Gasteiger partial charge in [-0.05, 0) is 42.0 Å². The van der Waals surface area contributed by atoms with Gasteiger partial charge in [-0.2, -0.15) is 13.2 Å². The molecule has 9 heteroatoms. The summed E-state index contributed by atoms with van der Waals surface area (Å²) < 4.78 is 71.3. The number of halogens is 4. The molecule has 0 atom stereocenters. The molecule has 0 aliphatic carbocycles. The smallest absolute Gasteiger partial charge is 0.418 e. The van der Waals surface area contributed by atoms with E-state index in [0.717, 1.165) is 6.07 Å². The minimum absolute atomic E-state index is 0.130. The molecule has 2 aromatic carbocycles. The topological polar surface area (TPSA) is 55.4 Å². The van der Waals surface area contributed by atoms with E-state index in [1.807, 2.05) is 4.72 Å². The summed E-state index contributed by atoms with van der Waals surface area (Å²) in [6, 6.07) is 7.02. The largest absolute Gasteiger partial charge is 0.493 e. The van der Waals surface area contributed by atoms with Gasteiger partial charge in [-0.25, -0.2) is 8.42 Å². The molecule has 3 rings (SSSR count). The lowest BCUT2D eigenvalue weighted by molar-refractivity contribution is -0.136. The van der Waals surface area contributed by atoms with E-state index in [1.165, 1.54) is 24.3 Å². The Bertz CT molecular complexity index is 897. The highest BCUT2D eigenvalue weighted by molar-refractivity contribution is 7.92. The van der Waals surface area contributed by atoms with Crippen LogP contribution in [0.15, 0.2) is 41.3 Å². The standard InChI is InChI=1S/C15H11ClF3NO3S/c16-10-1-3-13(12(8-10)15(17,18)19)20-24(21,22)11-2-4-14-9(7-11)5-6-23-14/h1-4,7-8,20H,5-6H2. The van der Waals surface area contributed by atoms with E-state index in [0.29, 0.717) is 30.4 Å². The Hall–Kier alpha value is -1.93. The van der Waals surface area contributed by atoms with E-state index in [2.05, 4.69) is 0 Å². The van der Waals surface area contributed by atoms with Crippen LogP contribution in [-0.2, 0) is 22.6 Å². The summed E-state index contributed by atoms with van der Waals surface area (Å²) in [5.74, 6) is 0.580. The zero-order valence-corrected chi connectivity index (χ0v) is 13.6. The maximum absolute atomic E-state index is 13.1. The molecular formula is C15H11ClF3NO3S. The van der Waals surface area contributed by atoms with Crippen molar-refractivity contribution in [3.05, 3.63) is 52.5 Å². The number of alkyl halides is 3. The molecule has 1 N–H and O–H groups in total. The quantitative estimate of drug-likeness (QED) is 0.876. The van der Waals surface area contributed by atoms with Gasteiger partial charge < -0.3 is 4.74 Å². The Morgan fingerprint density at radius 3 is 2.58 bits per heavy atom. The highest BCUT2D eigenvalue weighted by Gasteiger charge is 2.35. The van der Waals surface area contributed by atoms with E-state index in [4.69, 9.17) is 16.3 Å². The molecule has 0 saturated heterocycles. The van der Waals surface area contributed by atoms with Crippen LogP contribution >= 0.6 is 11.6 Å². The van der Waals surface area contributed by atoms with Gasteiger partial charge in [0.05, 0.1) is 22.8 Å². The minimum atomic E-state index is -4.74. The number of rotatable bonds is 3. The van der Waals surface area contributed by atoms with Crippen LogP contribution in [0.25, 0.3) is 0 Å². The molecule has 2 aromatic rings. The van der Waals surface area contributed by atoms with Gasteiger partial charge in [-0.1, -0.05) is 11.6 Å². The predicted octanol–water partition coefficient (Wildman–Crippen LogP) is 4.09. The van der Waals surface area contributed by atoms with Gasteiger partial charge >= 0.3 is 6.18 Å². The number of anilines is 1. The van der Waals surface area contributed by atoms with Crippen molar-refractivity contribution in [2.75, 3.05) is 11.3 Å². The van der Waals surface area contributed by atoms with Crippen molar-refractivity contribution in [3.63, 3.8) is 0 Å². The number of fused-ring (bicyclic) bond motifs is 1. The van der Waals surface area contributed by atoms with Gasteiger partial charge in [0.25, 0.3) is 10.0 Å². The lowest BCUT2D eigenvalue weighted by Crippen LogP contribution is -2.17. The molecule has 0 aromatic heterocycles. The van der Waals surface area contributed by atoms with Crippen molar-refractivity contribution in [3.8, 4) is 5.75 Å². The maximum Gasteiger partial charge on any atom is 0.418 e. The first-order chi connectivity index (χ1) is 11.2. The van der Waals surface area contributed by atoms with Gasteiger partial charge in [0.2, 0.25) is 0 Å². The summed E-state index contributed by atoms with van der Waals surface area (Å²) in [7, 11) is -4.18. The fourth-order valence-electron chi connectivity index (χ4n) is 2.37. The zero-order valence-electron chi connectivity index (χ0n) is 12.0. The van der Waals surface area contributed by atoms with Crippen LogP contribution < -0.4 is 9.46 Å². The Kier molecular flexibility index (Phi) is 4.13. The van der Waals surface area contributed by atoms with E-state index in [1.54, 1.807) is 0 Å². The average molecular weight is 378 g/mol. The molecule has 1 aliphatic heterocycles. The number of hydrogen-bond donors (Lipinski definition) is 1. The van der Waals surface area contributed by atoms with E-state index < -0.39 is 27.5 Å². The second-order valence-electron chi connectivity index (χ2n) is 5.16. The van der Waals surface area contributed by atoms with Crippen molar-refractivity contribution in [1.82, 2.24) is 0 Å². The van der Waals surface area contributed by atoms with Crippen molar-refractivity contribution in [2.24, 2.45) is 0 Å². The van der Waals surface area contributed by atoms with Crippen molar-refractivity contribution < 1.29 is 26.3 Å². The molecule has 1 aliphatic rings. The number of nitrogens with one attached hydrogen (secondary N) is 1. The molecule has 0 bridgehead atoms. The van der Waals surface area contributed by atoms with Crippen molar-refractivity contribution in [2.45, 2.75) is 17.5 Å². The first-order valence-electron chi connectivity index (χ1n) is 6.82. The van der Waals surface area contributed by atoms with Crippen LogP contribution in [0.1, 0.15) is 11.1 Å². The van der Waals surface area contributed by atoms with Gasteiger partial charge in [0, 0.05) is 11.4 Å². The van der Waals surface area contributed by atoms with Crippen LogP contribution in [0.3, 0.4) is 0 Å². The summed E-state index contributed by atoms with van der Waals surface area (Å²) in [6.07, 6.45) is -4.19. The minimum Gasteiger partial charge on any atom is -0.493 e. The Labute approximate surface area is 141 Å². The highest BCUT2D eigenvalue weighted by Crippen LogP contribution is 2.37. The molecule has 24 heavy (non-hydrogen) atoms. The fraction of sp³-hybridized carbons (Fsp3) is 0.200. The molecular weight excluding hydrogens is 367 g/mol. The molecule has 0 amide bonds. The summed E-state index contributed by atoms with van der Waals surface area (Å²) >= 11 is 5.58. The summed E-state index contributed by atoms with van der Waals surface area (Å²) in [5.41, 5.74) is -1.03. The number of ether oxygens (including phenoxy) is 1. The van der Waals surface area contributed by atoms with Crippen molar-refractivity contribution in [1.29, 1.82) is 0 Å². The van der Waals surface area contributed by atoms with Crippen LogP contribution in [0.4, 0.5) is 18.9 Å². The third kappa shape index (κ3) is 3.29. The molecule has 0 fully saturated rings. The summed E-state index contributed by atoms with van der Waals surface area (Å²) in [5, 5.41) is -0.139. The highest BCUT2D eigenvalue weighted by atomic mass is 35.5. The Morgan fingerprint density at radius 1 is 1.12 bits per heavy atom. The van der Waals surface area contributed by atoms with E-state index in [9.17, 15) is 21.6 Å². The van der Waals surface area contributed by atoms with Gasteiger partial charge in [-0.15, -0.1) is 0 Å². The third-order valence-corrected chi connectivity index (χ3v) is 5.10. The SMILES string of the molecule is O=S(=O)(Nc1ccc(Cl)cc1C(F)(F)F)c1ccc2c(c1)CCO2. The molecule has 4 nitrogen and oxygen atoms in total. The number of benzene rings is 2. The molecule has 0 radical (unpaired) electrons. The van der Waals surface area contributed by atoms with Gasteiger partial charge in [0.15, 0.2) is 0 Å². The van der Waals surface area contributed by atoms with Crippen LogP contribution in [0, 0.1) is 0 Å². The molecule has 128 valence electrons.